The highest BCUT2D eigenvalue weighted by Gasteiger charge is 2.24. The Morgan fingerprint density at radius 2 is 2.11 bits per heavy atom. The Balaban J connectivity index is 1.31. The molecule has 1 aromatic heterocycles. The second-order valence-corrected chi connectivity index (χ2v) is 7.58. The van der Waals surface area contributed by atoms with Crippen LogP contribution in [0.2, 0.25) is 0 Å². The van der Waals surface area contributed by atoms with Crippen molar-refractivity contribution in [1.29, 1.82) is 0 Å². The number of ether oxygens (including phenoxy) is 2. The highest BCUT2D eigenvalue weighted by molar-refractivity contribution is 5.77. The molecule has 28 heavy (non-hydrogen) atoms. The summed E-state index contributed by atoms with van der Waals surface area (Å²) in [4.78, 5) is 18.6. The van der Waals surface area contributed by atoms with Crippen LogP contribution in [0.3, 0.4) is 0 Å². The van der Waals surface area contributed by atoms with Crippen LogP contribution in [0.4, 0.5) is 5.69 Å². The van der Waals surface area contributed by atoms with Gasteiger partial charge in [0.2, 0.25) is 11.8 Å². The van der Waals surface area contributed by atoms with Crippen molar-refractivity contribution in [3.8, 4) is 11.6 Å². The van der Waals surface area contributed by atoms with Gasteiger partial charge in [-0.1, -0.05) is 12.1 Å². The first-order valence-corrected chi connectivity index (χ1v) is 10.1. The molecule has 1 saturated heterocycles. The van der Waals surface area contributed by atoms with Crippen molar-refractivity contribution < 1.29 is 14.3 Å². The molecule has 1 N–H and O–H groups in total. The van der Waals surface area contributed by atoms with Crippen LogP contribution in [0.15, 0.2) is 48.7 Å². The molecule has 0 spiro atoms. The fraction of sp³-hybridized carbons (Fsp3) is 0.455. The zero-order valence-corrected chi connectivity index (χ0v) is 16.0. The van der Waals surface area contributed by atoms with E-state index in [4.69, 9.17) is 9.47 Å². The molecule has 2 fully saturated rings. The second kappa shape index (κ2) is 9.06. The van der Waals surface area contributed by atoms with E-state index in [2.05, 4.69) is 21.3 Å². The molecule has 2 heterocycles. The molecular weight excluding hydrogens is 354 g/mol. The summed E-state index contributed by atoms with van der Waals surface area (Å²) in [7, 11) is 0. The SMILES string of the molecule is O=C(COCC1CC1)N[C@H]1CCCN(c2cccc(Oc3ccccn3)c2)C1. The third-order valence-corrected chi connectivity index (χ3v) is 5.11. The van der Waals surface area contributed by atoms with E-state index in [0.29, 0.717) is 18.4 Å². The highest BCUT2D eigenvalue weighted by atomic mass is 16.5. The van der Waals surface area contributed by atoms with Crippen molar-refractivity contribution in [3.05, 3.63) is 48.7 Å². The maximum atomic E-state index is 12.1. The summed E-state index contributed by atoms with van der Waals surface area (Å²) in [6, 6.07) is 13.8. The second-order valence-electron chi connectivity index (χ2n) is 7.58. The number of amides is 1. The number of carbonyl (C=O) groups excluding carboxylic acids is 1. The Labute approximate surface area is 165 Å². The number of nitrogens with one attached hydrogen (secondary N) is 1. The fourth-order valence-corrected chi connectivity index (χ4v) is 3.47. The monoisotopic (exact) mass is 381 g/mol. The molecule has 1 aromatic carbocycles. The Hall–Kier alpha value is -2.60. The van der Waals surface area contributed by atoms with Crippen molar-refractivity contribution in [2.24, 2.45) is 5.92 Å². The normalized spacial score (nSPS) is 19.3. The molecular formula is C22H27N3O3. The molecule has 2 aromatic rings. The van der Waals surface area contributed by atoms with Crippen molar-refractivity contribution in [2.75, 3.05) is 31.2 Å². The standard InChI is InChI=1S/C22H27N3O3/c26-21(16-27-15-17-9-10-17)24-18-5-4-12-25(14-18)19-6-3-7-20(13-19)28-22-8-1-2-11-23-22/h1-3,6-8,11,13,17-18H,4-5,9-10,12,14-16H2,(H,24,26)/t18-/m0/s1. The maximum absolute atomic E-state index is 12.1. The predicted molar refractivity (Wildman–Crippen MR) is 108 cm³/mol. The van der Waals surface area contributed by atoms with Gasteiger partial charge < -0.3 is 19.7 Å². The topological polar surface area (TPSA) is 63.7 Å². The van der Waals surface area contributed by atoms with Crippen molar-refractivity contribution >= 4 is 11.6 Å². The zero-order valence-electron chi connectivity index (χ0n) is 16.0. The van der Waals surface area contributed by atoms with E-state index in [1.165, 1.54) is 12.8 Å². The minimum atomic E-state index is -0.0141. The van der Waals surface area contributed by atoms with Gasteiger partial charge in [-0.15, -0.1) is 0 Å². The largest absolute Gasteiger partial charge is 0.439 e. The van der Waals surface area contributed by atoms with Crippen LogP contribution in [-0.4, -0.2) is 43.2 Å². The lowest BCUT2D eigenvalue weighted by Crippen LogP contribution is -2.48. The number of nitrogens with zero attached hydrogens (tertiary/aromatic N) is 2. The molecule has 1 aliphatic carbocycles. The quantitative estimate of drug-likeness (QED) is 0.759. The van der Waals surface area contributed by atoms with Gasteiger partial charge in [0.25, 0.3) is 0 Å². The number of carbonyl (C=O) groups is 1. The summed E-state index contributed by atoms with van der Waals surface area (Å²) in [5.74, 6) is 2.00. The number of benzene rings is 1. The Morgan fingerprint density at radius 1 is 1.18 bits per heavy atom. The van der Waals surface area contributed by atoms with Gasteiger partial charge >= 0.3 is 0 Å². The molecule has 1 amide bonds. The number of anilines is 1. The van der Waals surface area contributed by atoms with Crippen molar-refractivity contribution in [2.45, 2.75) is 31.7 Å². The molecule has 2 aliphatic rings. The van der Waals surface area contributed by atoms with Gasteiger partial charge in [0.15, 0.2) is 0 Å². The van der Waals surface area contributed by atoms with Gasteiger partial charge in [0.05, 0.1) is 6.61 Å². The fourth-order valence-electron chi connectivity index (χ4n) is 3.47. The molecule has 1 aliphatic heterocycles. The summed E-state index contributed by atoms with van der Waals surface area (Å²) >= 11 is 0. The highest BCUT2D eigenvalue weighted by Crippen LogP contribution is 2.29. The molecule has 4 rings (SSSR count). The van der Waals surface area contributed by atoms with Gasteiger partial charge in [-0.2, -0.15) is 0 Å². The van der Waals surface area contributed by atoms with E-state index in [0.717, 1.165) is 37.4 Å². The summed E-state index contributed by atoms with van der Waals surface area (Å²) < 4.78 is 11.3. The van der Waals surface area contributed by atoms with E-state index in [-0.39, 0.29) is 18.6 Å². The van der Waals surface area contributed by atoms with E-state index >= 15 is 0 Å². The number of pyridine rings is 1. The smallest absolute Gasteiger partial charge is 0.246 e. The molecule has 1 saturated carbocycles. The molecule has 148 valence electrons. The van der Waals surface area contributed by atoms with Gasteiger partial charge in [-0.05, 0) is 49.8 Å². The minimum absolute atomic E-state index is 0.0141. The minimum Gasteiger partial charge on any atom is -0.439 e. The average Bonchev–Trinajstić information content (AvgIpc) is 3.54. The molecule has 1 atom stereocenters. The van der Waals surface area contributed by atoms with Gasteiger partial charge in [-0.3, -0.25) is 4.79 Å². The first-order valence-electron chi connectivity index (χ1n) is 10.1. The van der Waals surface area contributed by atoms with Crippen molar-refractivity contribution in [3.63, 3.8) is 0 Å². The summed E-state index contributed by atoms with van der Waals surface area (Å²) in [5.41, 5.74) is 1.09. The number of hydrogen-bond donors (Lipinski definition) is 1. The molecule has 6 heteroatoms. The summed E-state index contributed by atoms with van der Waals surface area (Å²) in [6.45, 7) is 2.65. The van der Waals surface area contributed by atoms with Crippen LogP contribution in [0.1, 0.15) is 25.7 Å². The number of hydrogen-bond acceptors (Lipinski definition) is 5. The van der Waals surface area contributed by atoms with Crippen LogP contribution < -0.4 is 15.0 Å². The molecule has 6 nitrogen and oxygen atoms in total. The number of aromatic nitrogens is 1. The van der Waals surface area contributed by atoms with Crippen LogP contribution in [0.25, 0.3) is 0 Å². The van der Waals surface area contributed by atoms with E-state index in [9.17, 15) is 4.79 Å². The van der Waals surface area contributed by atoms with E-state index in [1.54, 1.807) is 6.20 Å². The Morgan fingerprint density at radius 3 is 2.93 bits per heavy atom. The first kappa shape index (κ1) is 18.7. The van der Waals surface area contributed by atoms with Crippen molar-refractivity contribution in [1.82, 2.24) is 10.3 Å². The number of rotatable bonds is 8. The Bertz CT molecular complexity index is 780. The van der Waals surface area contributed by atoms with Crippen LogP contribution in [0.5, 0.6) is 11.6 Å². The third-order valence-electron chi connectivity index (χ3n) is 5.11. The maximum Gasteiger partial charge on any atom is 0.246 e. The lowest BCUT2D eigenvalue weighted by molar-refractivity contribution is -0.126. The van der Waals surface area contributed by atoms with Gasteiger partial charge in [-0.25, -0.2) is 4.98 Å². The lowest BCUT2D eigenvalue weighted by Gasteiger charge is -2.35. The van der Waals surface area contributed by atoms with Gasteiger partial charge in [0, 0.05) is 43.1 Å². The van der Waals surface area contributed by atoms with E-state index in [1.807, 2.05) is 36.4 Å². The predicted octanol–water partition coefficient (Wildman–Crippen LogP) is 3.39. The number of piperidine rings is 1. The van der Waals surface area contributed by atoms with Gasteiger partial charge in [0.1, 0.15) is 12.4 Å². The summed E-state index contributed by atoms with van der Waals surface area (Å²) in [5, 5.41) is 3.12. The Kier molecular flexibility index (Phi) is 6.07. The van der Waals surface area contributed by atoms with E-state index < -0.39 is 0 Å². The van der Waals surface area contributed by atoms with Crippen LogP contribution in [0, 0.1) is 5.92 Å². The molecule has 0 bridgehead atoms. The first-order chi connectivity index (χ1) is 13.8. The molecule has 0 unspecified atom stereocenters. The third kappa shape index (κ3) is 5.45. The van der Waals surface area contributed by atoms with Crippen LogP contribution in [-0.2, 0) is 9.53 Å². The molecule has 0 radical (unpaired) electrons. The lowest BCUT2D eigenvalue weighted by atomic mass is 10.0. The zero-order chi connectivity index (χ0) is 19.2. The summed E-state index contributed by atoms with van der Waals surface area (Å²) in [6.07, 6.45) is 6.23. The van der Waals surface area contributed by atoms with Crippen LogP contribution >= 0.6 is 0 Å². The average molecular weight is 381 g/mol.